The van der Waals surface area contributed by atoms with Crippen molar-refractivity contribution < 1.29 is 9.90 Å². The maximum Gasteiger partial charge on any atom is 0.352 e. The molecule has 0 spiro atoms. The van der Waals surface area contributed by atoms with E-state index in [1.54, 1.807) is 16.5 Å². The van der Waals surface area contributed by atoms with Gasteiger partial charge >= 0.3 is 5.97 Å². The number of rotatable bonds is 2. The lowest BCUT2D eigenvalue weighted by Gasteiger charge is -2.03. The van der Waals surface area contributed by atoms with E-state index in [1.165, 1.54) is 0 Å². The number of carbonyl (C=O) groups is 1. The summed E-state index contributed by atoms with van der Waals surface area (Å²) >= 11 is 0. The van der Waals surface area contributed by atoms with E-state index in [4.69, 9.17) is 0 Å². The second-order valence-electron chi connectivity index (χ2n) is 4.27. The average molecular weight is 216 g/mol. The van der Waals surface area contributed by atoms with Gasteiger partial charge in [0.15, 0.2) is 0 Å². The van der Waals surface area contributed by atoms with Gasteiger partial charge in [-0.05, 0) is 31.9 Å². The number of aromatic nitrogens is 2. The standard InChI is InChI=1S/C12H12N2O2/c1-7-9-3-2-4-10(12(15)16)14(9)11(13-7)8-5-6-8/h2-4,8H,5-6H2,1H3,(H,15,16). The number of pyridine rings is 1. The van der Waals surface area contributed by atoms with Crippen LogP contribution in [0, 0.1) is 6.92 Å². The van der Waals surface area contributed by atoms with Gasteiger partial charge in [0.05, 0.1) is 11.2 Å². The Labute approximate surface area is 92.5 Å². The highest BCUT2D eigenvalue weighted by molar-refractivity contribution is 5.87. The molecular formula is C12H12N2O2. The van der Waals surface area contributed by atoms with Crippen LogP contribution in [0.25, 0.3) is 5.52 Å². The molecule has 82 valence electrons. The normalized spacial score (nSPS) is 15.6. The minimum atomic E-state index is -0.898. The quantitative estimate of drug-likeness (QED) is 0.837. The van der Waals surface area contributed by atoms with Gasteiger partial charge in [-0.25, -0.2) is 9.78 Å². The number of fused-ring (bicyclic) bond motifs is 1. The SMILES string of the molecule is Cc1nc(C2CC2)n2c(C(=O)O)cccc12. The van der Waals surface area contributed by atoms with Crippen LogP contribution in [0.15, 0.2) is 18.2 Å². The summed E-state index contributed by atoms with van der Waals surface area (Å²) in [6.07, 6.45) is 2.24. The van der Waals surface area contributed by atoms with Crippen LogP contribution in [0.3, 0.4) is 0 Å². The molecule has 0 amide bonds. The van der Waals surface area contributed by atoms with Gasteiger partial charge in [0.25, 0.3) is 0 Å². The van der Waals surface area contributed by atoms with Crippen LogP contribution in [-0.4, -0.2) is 20.5 Å². The second kappa shape index (κ2) is 3.07. The summed E-state index contributed by atoms with van der Waals surface area (Å²) in [4.78, 5) is 15.7. The number of carboxylic acid groups (broad SMARTS) is 1. The molecule has 0 unspecified atom stereocenters. The van der Waals surface area contributed by atoms with Crippen LogP contribution >= 0.6 is 0 Å². The molecule has 0 bridgehead atoms. The third-order valence-electron chi connectivity index (χ3n) is 3.03. The monoisotopic (exact) mass is 216 g/mol. The minimum Gasteiger partial charge on any atom is -0.477 e. The molecule has 0 saturated heterocycles. The lowest BCUT2D eigenvalue weighted by atomic mass is 10.3. The summed E-state index contributed by atoms with van der Waals surface area (Å²) in [6, 6.07) is 5.31. The minimum absolute atomic E-state index is 0.306. The van der Waals surface area contributed by atoms with Gasteiger partial charge < -0.3 is 5.11 Å². The number of hydrogen-bond acceptors (Lipinski definition) is 2. The van der Waals surface area contributed by atoms with Gasteiger partial charge in [0.2, 0.25) is 0 Å². The van der Waals surface area contributed by atoms with E-state index < -0.39 is 5.97 Å². The molecule has 0 atom stereocenters. The van der Waals surface area contributed by atoms with Gasteiger partial charge in [-0.1, -0.05) is 6.07 Å². The summed E-state index contributed by atoms with van der Waals surface area (Å²) in [5, 5.41) is 9.17. The van der Waals surface area contributed by atoms with Gasteiger partial charge in [-0.15, -0.1) is 0 Å². The number of aryl methyl sites for hydroxylation is 1. The van der Waals surface area contributed by atoms with Crippen molar-refractivity contribution in [1.82, 2.24) is 9.38 Å². The highest BCUT2D eigenvalue weighted by atomic mass is 16.4. The van der Waals surface area contributed by atoms with Crippen LogP contribution in [-0.2, 0) is 0 Å². The summed E-state index contributed by atoms with van der Waals surface area (Å²) in [6.45, 7) is 1.92. The van der Waals surface area contributed by atoms with Gasteiger partial charge in [0.1, 0.15) is 11.5 Å². The van der Waals surface area contributed by atoms with E-state index in [-0.39, 0.29) is 0 Å². The molecular weight excluding hydrogens is 204 g/mol. The smallest absolute Gasteiger partial charge is 0.352 e. The maximum absolute atomic E-state index is 11.2. The van der Waals surface area contributed by atoms with Crippen molar-refractivity contribution in [2.75, 3.05) is 0 Å². The van der Waals surface area contributed by atoms with Crippen LogP contribution in [0.5, 0.6) is 0 Å². The lowest BCUT2D eigenvalue weighted by molar-refractivity contribution is 0.0688. The van der Waals surface area contributed by atoms with Gasteiger partial charge in [-0.2, -0.15) is 0 Å². The fourth-order valence-corrected chi connectivity index (χ4v) is 2.10. The first-order valence-electron chi connectivity index (χ1n) is 5.39. The zero-order valence-corrected chi connectivity index (χ0v) is 8.97. The van der Waals surface area contributed by atoms with Crippen molar-refractivity contribution in [3.63, 3.8) is 0 Å². The van der Waals surface area contributed by atoms with Crippen LogP contribution < -0.4 is 0 Å². The number of aromatic carboxylic acids is 1. The van der Waals surface area contributed by atoms with E-state index in [1.807, 2.05) is 13.0 Å². The zero-order valence-electron chi connectivity index (χ0n) is 8.97. The third kappa shape index (κ3) is 1.23. The molecule has 1 aliphatic carbocycles. The van der Waals surface area contributed by atoms with Crippen molar-refractivity contribution in [1.29, 1.82) is 0 Å². The number of hydrogen-bond donors (Lipinski definition) is 1. The third-order valence-corrected chi connectivity index (χ3v) is 3.03. The fourth-order valence-electron chi connectivity index (χ4n) is 2.10. The van der Waals surface area contributed by atoms with E-state index in [2.05, 4.69) is 4.98 Å². The Morgan fingerprint density at radius 3 is 2.88 bits per heavy atom. The first-order chi connectivity index (χ1) is 7.68. The van der Waals surface area contributed by atoms with Crippen LogP contribution in [0.1, 0.15) is 40.8 Å². The van der Waals surface area contributed by atoms with Crippen molar-refractivity contribution >= 4 is 11.5 Å². The Morgan fingerprint density at radius 1 is 1.50 bits per heavy atom. The van der Waals surface area contributed by atoms with Crippen molar-refractivity contribution in [2.45, 2.75) is 25.7 Å². The van der Waals surface area contributed by atoms with E-state index in [0.717, 1.165) is 29.9 Å². The topological polar surface area (TPSA) is 54.6 Å². The fraction of sp³-hybridized carbons (Fsp3) is 0.333. The van der Waals surface area contributed by atoms with E-state index >= 15 is 0 Å². The Morgan fingerprint density at radius 2 is 2.25 bits per heavy atom. The average Bonchev–Trinajstić information content (AvgIpc) is 3.04. The van der Waals surface area contributed by atoms with Gasteiger partial charge in [0, 0.05) is 5.92 Å². The largest absolute Gasteiger partial charge is 0.477 e. The van der Waals surface area contributed by atoms with Gasteiger partial charge in [-0.3, -0.25) is 4.40 Å². The summed E-state index contributed by atoms with van der Waals surface area (Å²) < 4.78 is 1.79. The Bertz CT molecular complexity index is 582. The highest BCUT2D eigenvalue weighted by Crippen LogP contribution is 2.40. The molecule has 2 heterocycles. The molecule has 16 heavy (non-hydrogen) atoms. The highest BCUT2D eigenvalue weighted by Gasteiger charge is 2.30. The Hall–Kier alpha value is -1.84. The van der Waals surface area contributed by atoms with Crippen molar-refractivity contribution in [2.24, 2.45) is 0 Å². The Kier molecular flexibility index (Phi) is 1.80. The molecule has 2 aromatic heterocycles. The molecule has 0 aliphatic heterocycles. The molecule has 0 aromatic carbocycles. The molecule has 1 fully saturated rings. The number of nitrogens with zero attached hydrogens (tertiary/aromatic N) is 2. The molecule has 0 radical (unpaired) electrons. The molecule has 2 aromatic rings. The first kappa shape index (κ1) is 9.39. The van der Waals surface area contributed by atoms with E-state index in [0.29, 0.717) is 11.6 Å². The summed E-state index contributed by atoms with van der Waals surface area (Å²) in [5.74, 6) is 0.456. The van der Waals surface area contributed by atoms with E-state index in [9.17, 15) is 9.90 Å². The van der Waals surface area contributed by atoms with Crippen LogP contribution in [0.4, 0.5) is 0 Å². The zero-order chi connectivity index (χ0) is 11.3. The van der Waals surface area contributed by atoms with Crippen molar-refractivity contribution in [3.05, 3.63) is 35.4 Å². The number of imidazole rings is 1. The van der Waals surface area contributed by atoms with Crippen molar-refractivity contribution in [3.8, 4) is 0 Å². The number of carboxylic acids is 1. The van der Waals surface area contributed by atoms with Crippen LogP contribution in [0.2, 0.25) is 0 Å². The molecule has 1 N–H and O–H groups in total. The molecule has 4 heteroatoms. The summed E-state index contributed by atoms with van der Waals surface area (Å²) in [7, 11) is 0. The predicted molar refractivity (Wildman–Crippen MR) is 58.9 cm³/mol. The predicted octanol–water partition coefficient (Wildman–Crippen LogP) is 2.22. The molecule has 1 saturated carbocycles. The molecule has 3 rings (SSSR count). The molecule has 4 nitrogen and oxygen atoms in total. The molecule has 1 aliphatic rings. The summed E-state index contributed by atoms with van der Waals surface area (Å²) in [5.41, 5.74) is 2.12. The Balaban J connectivity index is 2.38. The lowest BCUT2D eigenvalue weighted by Crippen LogP contribution is -2.07. The second-order valence-corrected chi connectivity index (χ2v) is 4.27. The maximum atomic E-state index is 11.2. The first-order valence-corrected chi connectivity index (χ1v) is 5.39.